The predicted octanol–water partition coefficient (Wildman–Crippen LogP) is 0.679. The number of nitrogens with zero attached hydrogens (tertiary/aromatic N) is 1. The van der Waals surface area contributed by atoms with Crippen LogP contribution in [0.4, 0.5) is 5.69 Å². The molecule has 0 radical (unpaired) electrons. The first-order chi connectivity index (χ1) is 9.20. The van der Waals surface area contributed by atoms with Gasteiger partial charge in [0.1, 0.15) is 4.90 Å². The second-order valence-corrected chi connectivity index (χ2v) is 6.08. The van der Waals surface area contributed by atoms with Crippen molar-refractivity contribution >= 4 is 27.7 Å². The molecule has 0 aliphatic carbocycles. The van der Waals surface area contributed by atoms with Gasteiger partial charge in [0.25, 0.3) is 10.1 Å². The Morgan fingerprint density at radius 1 is 1.40 bits per heavy atom. The average molecular weight is 299 g/mol. The van der Waals surface area contributed by atoms with E-state index in [2.05, 4.69) is 0 Å². The third-order valence-corrected chi connectivity index (χ3v) is 4.04. The number of carbonyl (C=O) groups excluding carboxylic acids is 1. The zero-order valence-electron chi connectivity index (χ0n) is 10.6. The summed E-state index contributed by atoms with van der Waals surface area (Å²) in [5, 5.41) is 8.92. The summed E-state index contributed by atoms with van der Waals surface area (Å²) in [6, 6.07) is 4.22. The van der Waals surface area contributed by atoms with E-state index in [1.165, 1.54) is 12.1 Å². The predicted molar refractivity (Wildman–Crippen MR) is 69.1 cm³/mol. The van der Waals surface area contributed by atoms with Crippen molar-refractivity contribution in [1.82, 2.24) is 0 Å². The largest absolute Gasteiger partial charge is 0.481 e. The first-order valence-corrected chi connectivity index (χ1v) is 7.25. The van der Waals surface area contributed by atoms with Gasteiger partial charge in [0.2, 0.25) is 5.91 Å². The first-order valence-electron chi connectivity index (χ1n) is 5.81. The summed E-state index contributed by atoms with van der Waals surface area (Å²) >= 11 is 0. The minimum absolute atomic E-state index is 0.00634. The molecular formula is C12H13NO6S. The first kappa shape index (κ1) is 14.5. The Labute approximate surface area is 115 Å². The van der Waals surface area contributed by atoms with E-state index in [0.29, 0.717) is 5.56 Å². The number of anilines is 1. The molecule has 1 atom stereocenters. The van der Waals surface area contributed by atoms with Gasteiger partial charge in [0, 0.05) is 13.0 Å². The van der Waals surface area contributed by atoms with E-state index in [-0.39, 0.29) is 18.7 Å². The van der Waals surface area contributed by atoms with Crippen LogP contribution in [0.3, 0.4) is 0 Å². The lowest BCUT2D eigenvalue weighted by Gasteiger charge is -2.19. The molecule has 1 aromatic rings. The normalized spacial score (nSPS) is 19.4. The standard InChI is InChI=1S/C12H13NO6S/c1-7-2-3-9(10(4-7)20(17,18)19)13-6-8(12(15)16)5-11(13)14/h2-4,8H,5-6H2,1H3,(H,15,16)(H,17,18,19). The van der Waals surface area contributed by atoms with Crippen LogP contribution >= 0.6 is 0 Å². The van der Waals surface area contributed by atoms with Gasteiger partial charge >= 0.3 is 5.97 Å². The van der Waals surface area contributed by atoms with Crippen molar-refractivity contribution in [2.24, 2.45) is 5.92 Å². The molecule has 1 heterocycles. The van der Waals surface area contributed by atoms with Crippen LogP contribution in [0.25, 0.3) is 0 Å². The van der Waals surface area contributed by atoms with Gasteiger partial charge < -0.3 is 10.0 Å². The van der Waals surface area contributed by atoms with Crippen molar-refractivity contribution in [3.05, 3.63) is 23.8 Å². The second-order valence-electron chi connectivity index (χ2n) is 4.69. The lowest BCUT2D eigenvalue weighted by atomic mass is 10.1. The Kier molecular flexibility index (Phi) is 3.53. The molecule has 1 aromatic carbocycles. The highest BCUT2D eigenvalue weighted by atomic mass is 32.2. The molecule has 2 N–H and O–H groups in total. The van der Waals surface area contributed by atoms with Crippen LogP contribution in [0.1, 0.15) is 12.0 Å². The molecule has 0 bridgehead atoms. The van der Waals surface area contributed by atoms with Crippen molar-refractivity contribution in [1.29, 1.82) is 0 Å². The van der Waals surface area contributed by atoms with Crippen LogP contribution in [0, 0.1) is 12.8 Å². The monoisotopic (exact) mass is 299 g/mol. The van der Waals surface area contributed by atoms with Gasteiger partial charge in [-0.15, -0.1) is 0 Å². The molecule has 1 fully saturated rings. The number of carboxylic acid groups (broad SMARTS) is 1. The third-order valence-electron chi connectivity index (χ3n) is 3.16. The molecule has 0 saturated carbocycles. The number of aryl methyl sites for hydroxylation is 1. The second kappa shape index (κ2) is 4.88. The number of carboxylic acids is 1. The summed E-state index contributed by atoms with van der Waals surface area (Å²) in [6.45, 7) is 1.53. The fraction of sp³-hybridized carbons (Fsp3) is 0.333. The van der Waals surface area contributed by atoms with Crippen LogP contribution in [-0.2, 0) is 19.7 Å². The number of hydrogen-bond acceptors (Lipinski definition) is 4. The Hall–Kier alpha value is -1.93. The van der Waals surface area contributed by atoms with Crippen molar-refractivity contribution in [2.45, 2.75) is 18.2 Å². The third kappa shape index (κ3) is 2.66. The minimum Gasteiger partial charge on any atom is -0.481 e. The molecule has 8 heteroatoms. The molecule has 7 nitrogen and oxygen atoms in total. The number of amides is 1. The van der Waals surface area contributed by atoms with Crippen molar-refractivity contribution in [3.63, 3.8) is 0 Å². The maximum absolute atomic E-state index is 11.8. The molecule has 1 unspecified atom stereocenters. The molecule has 2 rings (SSSR count). The molecule has 1 aliphatic heterocycles. The number of carbonyl (C=O) groups is 2. The molecule has 1 saturated heterocycles. The summed E-state index contributed by atoms with van der Waals surface area (Å²) < 4.78 is 32.0. The van der Waals surface area contributed by atoms with Crippen LogP contribution in [-0.4, -0.2) is 36.5 Å². The van der Waals surface area contributed by atoms with Crippen LogP contribution in [0.2, 0.25) is 0 Å². The molecule has 1 aliphatic rings. The maximum atomic E-state index is 11.8. The van der Waals surface area contributed by atoms with E-state index in [1.807, 2.05) is 0 Å². The molecule has 0 spiro atoms. The lowest BCUT2D eigenvalue weighted by molar-refractivity contribution is -0.141. The smallest absolute Gasteiger partial charge is 0.308 e. The summed E-state index contributed by atoms with van der Waals surface area (Å²) in [5.41, 5.74) is 0.606. The van der Waals surface area contributed by atoms with E-state index in [1.54, 1.807) is 13.0 Å². The Bertz CT molecular complexity index is 681. The molecule has 20 heavy (non-hydrogen) atoms. The number of hydrogen-bond donors (Lipinski definition) is 2. The Balaban J connectivity index is 2.49. The van der Waals surface area contributed by atoms with Crippen LogP contribution in [0.15, 0.2) is 23.1 Å². The maximum Gasteiger partial charge on any atom is 0.308 e. The van der Waals surface area contributed by atoms with E-state index in [4.69, 9.17) is 5.11 Å². The minimum atomic E-state index is -4.50. The van der Waals surface area contributed by atoms with E-state index >= 15 is 0 Å². The van der Waals surface area contributed by atoms with E-state index in [9.17, 15) is 22.6 Å². The Morgan fingerprint density at radius 2 is 2.05 bits per heavy atom. The number of rotatable bonds is 3. The van der Waals surface area contributed by atoms with Gasteiger partial charge in [-0.1, -0.05) is 6.07 Å². The topological polar surface area (TPSA) is 112 Å². The molecule has 0 aromatic heterocycles. The Morgan fingerprint density at radius 3 is 2.55 bits per heavy atom. The van der Waals surface area contributed by atoms with Crippen molar-refractivity contribution in [2.75, 3.05) is 11.4 Å². The number of aliphatic carboxylic acids is 1. The zero-order chi connectivity index (χ0) is 15.1. The average Bonchev–Trinajstić information content (AvgIpc) is 2.70. The van der Waals surface area contributed by atoms with Crippen molar-refractivity contribution < 1.29 is 27.7 Å². The van der Waals surface area contributed by atoms with Crippen LogP contribution in [0.5, 0.6) is 0 Å². The van der Waals surface area contributed by atoms with Gasteiger partial charge in [0.15, 0.2) is 0 Å². The SMILES string of the molecule is Cc1ccc(N2CC(C(=O)O)CC2=O)c(S(=O)(=O)O)c1. The summed E-state index contributed by atoms with van der Waals surface area (Å²) in [5.74, 6) is -2.47. The zero-order valence-corrected chi connectivity index (χ0v) is 11.4. The molecule has 108 valence electrons. The molecular weight excluding hydrogens is 286 g/mol. The van der Waals surface area contributed by atoms with Crippen LogP contribution < -0.4 is 4.90 Å². The fourth-order valence-electron chi connectivity index (χ4n) is 2.16. The van der Waals surface area contributed by atoms with Gasteiger partial charge in [-0.2, -0.15) is 8.42 Å². The summed E-state index contributed by atoms with van der Waals surface area (Å²) in [7, 11) is -4.50. The highest BCUT2D eigenvalue weighted by Crippen LogP contribution is 2.31. The summed E-state index contributed by atoms with van der Waals surface area (Å²) in [6.07, 6.45) is -0.186. The highest BCUT2D eigenvalue weighted by molar-refractivity contribution is 7.86. The van der Waals surface area contributed by atoms with Gasteiger partial charge in [-0.25, -0.2) is 0 Å². The summed E-state index contributed by atoms with van der Waals surface area (Å²) in [4.78, 5) is 23.4. The van der Waals surface area contributed by atoms with Gasteiger partial charge in [-0.3, -0.25) is 14.1 Å². The van der Waals surface area contributed by atoms with E-state index < -0.39 is 32.8 Å². The number of benzene rings is 1. The quantitative estimate of drug-likeness (QED) is 0.794. The van der Waals surface area contributed by atoms with Gasteiger partial charge in [-0.05, 0) is 24.6 Å². The highest BCUT2D eigenvalue weighted by Gasteiger charge is 2.37. The van der Waals surface area contributed by atoms with Gasteiger partial charge in [0.05, 0.1) is 11.6 Å². The van der Waals surface area contributed by atoms with Crippen molar-refractivity contribution in [3.8, 4) is 0 Å². The molecule has 1 amide bonds. The fourth-order valence-corrected chi connectivity index (χ4v) is 2.93. The lowest BCUT2D eigenvalue weighted by Crippen LogP contribution is -2.27. The van der Waals surface area contributed by atoms with E-state index in [0.717, 1.165) is 4.90 Å².